The smallest absolute Gasteiger partial charge is 0.330 e. The van der Waals surface area contributed by atoms with Gasteiger partial charge in [0, 0.05) is 23.8 Å². The van der Waals surface area contributed by atoms with Gasteiger partial charge in [0.15, 0.2) is 0 Å². The Morgan fingerprint density at radius 1 is 0.906 bits per heavy atom. The zero-order valence-corrected chi connectivity index (χ0v) is 18.6. The van der Waals surface area contributed by atoms with Crippen molar-refractivity contribution in [1.82, 2.24) is 0 Å². The second-order valence-corrected chi connectivity index (χ2v) is 9.19. The molecule has 0 spiro atoms. The van der Waals surface area contributed by atoms with Gasteiger partial charge in [0.05, 0.1) is 0 Å². The van der Waals surface area contributed by atoms with Crippen molar-refractivity contribution in [3.63, 3.8) is 0 Å². The molecular weight excluding hydrogens is 408 g/mol. The third kappa shape index (κ3) is 4.84. The fourth-order valence-electron chi connectivity index (χ4n) is 6.13. The zero-order valence-electron chi connectivity index (χ0n) is 18.6. The first kappa shape index (κ1) is 22.4. The summed E-state index contributed by atoms with van der Waals surface area (Å²) in [6.45, 7) is 7.61. The minimum Gasteiger partial charge on any atom is -0.490 e. The summed E-state index contributed by atoms with van der Waals surface area (Å²) in [6, 6.07) is 6.04. The highest BCUT2D eigenvalue weighted by Gasteiger charge is 2.54. The zero-order chi connectivity index (χ0) is 22.6. The Labute approximate surface area is 189 Å². The summed E-state index contributed by atoms with van der Waals surface area (Å²) in [4.78, 5) is 22.5. The average molecular weight is 441 g/mol. The predicted octanol–water partition coefficient (Wildman–Crippen LogP) is 4.37. The van der Waals surface area contributed by atoms with E-state index < -0.39 is 11.9 Å². The molecule has 4 atom stereocenters. The summed E-state index contributed by atoms with van der Waals surface area (Å²) < 4.78 is 22.0. The van der Waals surface area contributed by atoms with Crippen molar-refractivity contribution in [2.75, 3.05) is 26.4 Å². The van der Waals surface area contributed by atoms with Gasteiger partial charge in [-0.15, -0.1) is 0 Å². The lowest BCUT2D eigenvalue weighted by Gasteiger charge is -2.40. The molecule has 3 fully saturated rings. The number of benzene rings is 1. The van der Waals surface area contributed by atoms with Gasteiger partial charge in [0.1, 0.15) is 37.9 Å². The molecule has 172 valence electrons. The fraction of sp³-hybridized carbons (Fsp3) is 0.538. The minimum absolute atomic E-state index is 0.148. The molecule has 4 unspecified atom stereocenters. The van der Waals surface area contributed by atoms with E-state index in [9.17, 15) is 9.59 Å². The third-order valence-electron chi connectivity index (χ3n) is 7.27. The standard InChI is InChI=1S/C26H32O6/c1-3-24(27)31-11-9-29-21-7-8-22(23(14-21)30-10-12-32-25(28)4-2)26-15-18-5-6-19(16-26)20(13-18)17-26/h3-4,7-8,14,18-20H,1-2,5-6,9-13,15-17H2. The van der Waals surface area contributed by atoms with E-state index in [4.69, 9.17) is 18.9 Å². The van der Waals surface area contributed by atoms with Crippen LogP contribution in [0.5, 0.6) is 11.5 Å². The van der Waals surface area contributed by atoms with Crippen LogP contribution in [-0.2, 0) is 24.5 Å². The first-order valence-electron chi connectivity index (χ1n) is 11.5. The van der Waals surface area contributed by atoms with Gasteiger partial charge in [-0.1, -0.05) is 25.6 Å². The minimum atomic E-state index is -0.469. The molecule has 3 aliphatic carbocycles. The number of esters is 2. The van der Waals surface area contributed by atoms with E-state index in [1.54, 1.807) is 0 Å². The average Bonchev–Trinajstić information content (AvgIpc) is 2.98. The summed E-state index contributed by atoms with van der Waals surface area (Å²) in [5, 5.41) is 0. The van der Waals surface area contributed by atoms with Gasteiger partial charge in [0.25, 0.3) is 0 Å². The van der Waals surface area contributed by atoms with Gasteiger partial charge in [-0.05, 0) is 61.3 Å². The van der Waals surface area contributed by atoms with Crippen LogP contribution in [0.2, 0.25) is 0 Å². The number of carbonyl (C=O) groups is 2. The van der Waals surface area contributed by atoms with Crippen LogP contribution in [0.1, 0.15) is 44.1 Å². The summed E-state index contributed by atoms with van der Waals surface area (Å²) in [6.07, 6.45) is 10.0. The van der Waals surface area contributed by atoms with Crippen LogP contribution in [0.25, 0.3) is 0 Å². The Hall–Kier alpha value is -2.76. The Morgan fingerprint density at radius 2 is 1.59 bits per heavy atom. The van der Waals surface area contributed by atoms with Crippen LogP contribution >= 0.6 is 0 Å². The monoisotopic (exact) mass is 440 g/mol. The summed E-state index contributed by atoms with van der Waals surface area (Å²) in [7, 11) is 0. The summed E-state index contributed by atoms with van der Waals surface area (Å²) in [5.74, 6) is 2.99. The molecule has 6 heteroatoms. The highest BCUT2D eigenvalue weighted by atomic mass is 16.6. The molecule has 0 aromatic heterocycles. The van der Waals surface area contributed by atoms with Gasteiger partial charge in [-0.25, -0.2) is 9.59 Å². The number of fused-ring (bicyclic) bond motifs is 2. The van der Waals surface area contributed by atoms with E-state index in [1.807, 2.05) is 12.1 Å². The Kier molecular flexibility index (Phi) is 6.87. The maximum atomic E-state index is 11.3. The second-order valence-electron chi connectivity index (χ2n) is 9.19. The van der Waals surface area contributed by atoms with E-state index in [2.05, 4.69) is 19.2 Å². The van der Waals surface area contributed by atoms with Gasteiger partial charge in [-0.2, -0.15) is 0 Å². The molecule has 3 aliphatic rings. The molecule has 32 heavy (non-hydrogen) atoms. The van der Waals surface area contributed by atoms with E-state index in [1.165, 1.54) is 44.1 Å². The molecule has 1 aromatic carbocycles. The highest BCUT2D eigenvalue weighted by Crippen LogP contribution is 2.63. The number of rotatable bonds is 11. The maximum absolute atomic E-state index is 11.3. The molecule has 4 rings (SSSR count). The number of ether oxygens (including phenoxy) is 4. The van der Waals surface area contributed by atoms with Crippen molar-refractivity contribution in [1.29, 1.82) is 0 Å². The fourth-order valence-corrected chi connectivity index (χ4v) is 6.13. The molecule has 0 amide bonds. The van der Waals surface area contributed by atoms with Crippen LogP contribution in [0.3, 0.4) is 0 Å². The largest absolute Gasteiger partial charge is 0.490 e. The summed E-state index contributed by atoms with van der Waals surface area (Å²) >= 11 is 0. The van der Waals surface area contributed by atoms with Crippen molar-refractivity contribution in [3.8, 4) is 11.5 Å². The normalized spacial score (nSPS) is 27.4. The van der Waals surface area contributed by atoms with Gasteiger partial charge in [0.2, 0.25) is 0 Å². The maximum Gasteiger partial charge on any atom is 0.330 e. The molecule has 3 saturated carbocycles. The van der Waals surface area contributed by atoms with Crippen molar-refractivity contribution >= 4 is 11.9 Å². The third-order valence-corrected chi connectivity index (χ3v) is 7.27. The lowest BCUT2D eigenvalue weighted by atomic mass is 9.65. The van der Waals surface area contributed by atoms with Crippen LogP contribution < -0.4 is 9.47 Å². The SMILES string of the molecule is C=CC(=O)OCCOc1ccc(C23CC4CCC(C2)C(C4)C3)c(OCCOC(=O)C=C)c1. The molecule has 0 N–H and O–H groups in total. The van der Waals surface area contributed by atoms with E-state index in [0.29, 0.717) is 5.75 Å². The van der Waals surface area contributed by atoms with Crippen molar-refractivity contribution in [3.05, 3.63) is 49.1 Å². The Bertz CT molecular complexity index is 873. The summed E-state index contributed by atoms with van der Waals surface area (Å²) in [5.41, 5.74) is 1.41. The van der Waals surface area contributed by atoms with Gasteiger partial charge < -0.3 is 18.9 Å². The molecule has 0 aliphatic heterocycles. The quantitative estimate of drug-likeness (QED) is 0.289. The van der Waals surface area contributed by atoms with Crippen LogP contribution in [0.4, 0.5) is 0 Å². The number of hydrogen-bond donors (Lipinski definition) is 0. The van der Waals surface area contributed by atoms with Crippen LogP contribution in [0, 0.1) is 17.8 Å². The molecule has 0 saturated heterocycles. The number of hydrogen-bond acceptors (Lipinski definition) is 6. The number of carbonyl (C=O) groups excluding carboxylic acids is 2. The Morgan fingerprint density at radius 3 is 2.31 bits per heavy atom. The van der Waals surface area contributed by atoms with E-state index >= 15 is 0 Å². The molecule has 0 radical (unpaired) electrons. The lowest BCUT2D eigenvalue weighted by Crippen LogP contribution is -2.32. The molecule has 1 aromatic rings. The molecule has 6 nitrogen and oxygen atoms in total. The van der Waals surface area contributed by atoms with Crippen molar-refractivity contribution in [2.45, 2.75) is 43.9 Å². The molecule has 3 bridgehead atoms. The second kappa shape index (κ2) is 9.80. The first-order valence-corrected chi connectivity index (χ1v) is 11.5. The van der Waals surface area contributed by atoms with Crippen molar-refractivity contribution < 1.29 is 28.5 Å². The van der Waals surface area contributed by atoms with Gasteiger partial charge >= 0.3 is 11.9 Å². The molecular formula is C26H32O6. The van der Waals surface area contributed by atoms with Gasteiger partial charge in [-0.3, -0.25) is 0 Å². The molecule has 0 heterocycles. The highest BCUT2D eigenvalue weighted by molar-refractivity contribution is 5.81. The van der Waals surface area contributed by atoms with Crippen LogP contribution in [-0.4, -0.2) is 38.4 Å². The Balaban J connectivity index is 1.48. The van der Waals surface area contributed by atoms with E-state index in [-0.39, 0.29) is 31.8 Å². The first-order chi connectivity index (χ1) is 15.5. The topological polar surface area (TPSA) is 71.1 Å². The van der Waals surface area contributed by atoms with E-state index in [0.717, 1.165) is 35.7 Å². The van der Waals surface area contributed by atoms with Crippen LogP contribution in [0.15, 0.2) is 43.5 Å². The lowest BCUT2D eigenvalue weighted by molar-refractivity contribution is -0.139. The van der Waals surface area contributed by atoms with Crippen molar-refractivity contribution in [2.24, 2.45) is 17.8 Å². The predicted molar refractivity (Wildman–Crippen MR) is 120 cm³/mol.